The first-order valence-corrected chi connectivity index (χ1v) is 12.3. The van der Waals surface area contributed by atoms with Crippen LogP contribution in [0.1, 0.15) is 42.6 Å². The molecule has 0 unspecified atom stereocenters. The van der Waals surface area contributed by atoms with Crippen LogP contribution in [0, 0.1) is 0 Å². The lowest BCUT2D eigenvalue weighted by atomic mass is 9.68. The molecule has 1 saturated heterocycles. The Morgan fingerprint density at radius 1 is 1.09 bits per heavy atom. The summed E-state index contributed by atoms with van der Waals surface area (Å²) in [6.45, 7) is 4.74. The van der Waals surface area contributed by atoms with Crippen LogP contribution in [-0.2, 0) is 23.8 Å². The minimum atomic E-state index is -0.129. The van der Waals surface area contributed by atoms with E-state index in [-0.39, 0.29) is 24.0 Å². The van der Waals surface area contributed by atoms with E-state index in [1.54, 1.807) is 21.1 Å². The molecule has 35 heavy (non-hydrogen) atoms. The highest BCUT2D eigenvalue weighted by Gasteiger charge is 2.48. The van der Waals surface area contributed by atoms with Crippen LogP contribution in [0.5, 0.6) is 11.5 Å². The second-order valence-electron chi connectivity index (χ2n) is 9.94. The van der Waals surface area contributed by atoms with Gasteiger partial charge in [-0.1, -0.05) is 12.1 Å². The first-order chi connectivity index (χ1) is 16.9. The summed E-state index contributed by atoms with van der Waals surface area (Å²) >= 11 is 0. The van der Waals surface area contributed by atoms with Gasteiger partial charge in [-0.15, -0.1) is 0 Å². The molecule has 0 aliphatic carbocycles. The van der Waals surface area contributed by atoms with E-state index in [1.807, 2.05) is 23.1 Å². The largest absolute Gasteiger partial charge is 0.497 e. The summed E-state index contributed by atoms with van der Waals surface area (Å²) in [6.07, 6.45) is 1.80. The van der Waals surface area contributed by atoms with Crippen LogP contribution in [0.25, 0.3) is 10.9 Å². The molecule has 1 aromatic heterocycles. The predicted octanol–water partition coefficient (Wildman–Crippen LogP) is 3.62. The third-order valence-corrected chi connectivity index (χ3v) is 8.10. The molecule has 3 aromatic rings. The van der Waals surface area contributed by atoms with Gasteiger partial charge in [0.05, 0.1) is 32.4 Å². The normalized spacial score (nSPS) is 19.7. The van der Waals surface area contributed by atoms with Gasteiger partial charge in [-0.05, 0) is 48.2 Å². The Morgan fingerprint density at radius 3 is 2.46 bits per heavy atom. The van der Waals surface area contributed by atoms with Gasteiger partial charge in [0.25, 0.3) is 0 Å². The predicted molar refractivity (Wildman–Crippen MR) is 136 cm³/mol. The van der Waals surface area contributed by atoms with Crippen LogP contribution in [0.3, 0.4) is 0 Å². The van der Waals surface area contributed by atoms with Crippen molar-refractivity contribution in [3.05, 3.63) is 59.3 Å². The van der Waals surface area contributed by atoms with Gasteiger partial charge in [0.2, 0.25) is 5.91 Å². The number of benzene rings is 2. The Labute approximate surface area is 206 Å². The third-order valence-electron chi connectivity index (χ3n) is 8.10. The molecule has 2 aliphatic rings. The SMILES string of the molecule is COc1cccc(CN2CC3(CCN(C(C)=O)CC3)c3c(n(C)c4cc(OC)ccc34)[C@H]2CO)c1. The monoisotopic (exact) mass is 477 g/mol. The summed E-state index contributed by atoms with van der Waals surface area (Å²) in [6, 6.07) is 14.3. The molecule has 3 heterocycles. The zero-order valence-corrected chi connectivity index (χ0v) is 21.1. The summed E-state index contributed by atoms with van der Waals surface area (Å²) in [7, 11) is 5.47. The van der Waals surface area contributed by atoms with E-state index in [0.29, 0.717) is 6.54 Å². The Morgan fingerprint density at radius 2 is 1.80 bits per heavy atom. The molecule has 0 bridgehead atoms. The summed E-state index contributed by atoms with van der Waals surface area (Å²) in [5, 5.41) is 11.9. The average molecular weight is 478 g/mol. The second kappa shape index (κ2) is 9.21. The van der Waals surface area contributed by atoms with Crippen LogP contribution in [0.15, 0.2) is 42.5 Å². The van der Waals surface area contributed by atoms with Gasteiger partial charge in [-0.25, -0.2) is 0 Å². The Bertz CT molecular complexity index is 1240. The van der Waals surface area contributed by atoms with Gasteiger partial charge < -0.3 is 24.0 Å². The van der Waals surface area contributed by atoms with Crippen LogP contribution in [-0.4, -0.2) is 65.8 Å². The highest BCUT2D eigenvalue weighted by Crippen LogP contribution is 2.50. The van der Waals surface area contributed by atoms with E-state index < -0.39 is 0 Å². The standard InChI is InChI=1S/C28H35N3O4/c1-19(33)30-12-10-28(11-13-30)18-31(16-20-6-5-7-21(14-20)34-3)25(17-32)27-26(28)23-9-8-22(35-4)15-24(23)29(27)2/h5-9,14-15,25,32H,10-13,16-18H2,1-4H3/t25-/m1/s1. The minimum absolute atomic E-state index is 0.0356. The lowest BCUT2D eigenvalue weighted by Crippen LogP contribution is -2.54. The maximum absolute atomic E-state index is 12.1. The lowest BCUT2D eigenvalue weighted by Gasteiger charge is -2.50. The molecule has 186 valence electrons. The highest BCUT2D eigenvalue weighted by molar-refractivity contribution is 5.88. The molecule has 2 aromatic carbocycles. The zero-order valence-electron chi connectivity index (χ0n) is 21.1. The molecule has 1 atom stereocenters. The van der Waals surface area contributed by atoms with Crippen molar-refractivity contribution in [3.8, 4) is 11.5 Å². The smallest absolute Gasteiger partial charge is 0.219 e. The van der Waals surface area contributed by atoms with Crippen molar-refractivity contribution >= 4 is 16.8 Å². The van der Waals surface area contributed by atoms with Crippen molar-refractivity contribution in [1.29, 1.82) is 0 Å². The quantitative estimate of drug-likeness (QED) is 0.608. The van der Waals surface area contributed by atoms with E-state index in [9.17, 15) is 9.90 Å². The summed E-state index contributed by atoms with van der Waals surface area (Å²) < 4.78 is 13.2. The summed E-state index contributed by atoms with van der Waals surface area (Å²) in [5.41, 5.74) is 4.68. The number of carbonyl (C=O) groups is 1. The summed E-state index contributed by atoms with van der Waals surface area (Å²) in [5.74, 6) is 1.80. The molecule has 0 radical (unpaired) electrons. The van der Waals surface area contributed by atoms with Gasteiger partial charge in [0, 0.05) is 62.7 Å². The molecule has 7 heteroatoms. The Kier molecular flexibility index (Phi) is 6.23. The number of aromatic nitrogens is 1. The van der Waals surface area contributed by atoms with Crippen LogP contribution in [0.4, 0.5) is 0 Å². The number of likely N-dealkylation sites (tertiary alicyclic amines) is 1. The number of hydrogen-bond donors (Lipinski definition) is 1. The van der Waals surface area contributed by atoms with Crippen molar-refractivity contribution in [2.45, 2.75) is 37.8 Å². The lowest BCUT2D eigenvalue weighted by molar-refractivity contribution is -0.130. The van der Waals surface area contributed by atoms with Gasteiger partial charge in [-0.2, -0.15) is 0 Å². The number of rotatable bonds is 5. The first-order valence-electron chi connectivity index (χ1n) is 12.3. The fourth-order valence-corrected chi connectivity index (χ4v) is 6.29. The number of fused-ring (bicyclic) bond motifs is 4. The molecule has 0 saturated carbocycles. The van der Waals surface area contributed by atoms with E-state index >= 15 is 0 Å². The molecular weight excluding hydrogens is 442 g/mol. The van der Waals surface area contributed by atoms with Gasteiger partial charge >= 0.3 is 0 Å². The number of amides is 1. The van der Waals surface area contributed by atoms with E-state index in [4.69, 9.17) is 9.47 Å². The molecule has 1 amide bonds. The number of aliphatic hydroxyl groups excluding tert-OH is 1. The number of nitrogens with zero attached hydrogens (tertiary/aromatic N) is 3. The zero-order chi connectivity index (χ0) is 24.7. The molecule has 2 aliphatic heterocycles. The van der Waals surface area contributed by atoms with Crippen molar-refractivity contribution in [2.75, 3.05) is 40.5 Å². The van der Waals surface area contributed by atoms with E-state index in [0.717, 1.165) is 55.1 Å². The van der Waals surface area contributed by atoms with Crippen molar-refractivity contribution in [3.63, 3.8) is 0 Å². The fraction of sp³-hybridized carbons (Fsp3) is 0.464. The molecule has 1 N–H and O–H groups in total. The number of hydrogen-bond acceptors (Lipinski definition) is 5. The summed E-state index contributed by atoms with van der Waals surface area (Å²) in [4.78, 5) is 16.5. The van der Waals surface area contributed by atoms with Crippen LogP contribution in [0.2, 0.25) is 0 Å². The second-order valence-corrected chi connectivity index (χ2v) is 9.94. The molecule has 5 rings (SSSR count). The van der Waals surface area contributed by atoms with Crippen molar-refractivity contribution in [2.24, 2.45) is 7.05 Å². The number of piperidine rings is 1. The number of aliphatic hydroxyl groups is 1. The highest BCUT2D eigenvalue weighted by atomic mass is 16.5. The van der Waals surface area contributed by atoms with Crippen molar-refractivity contribution in [1.82, 2.24) is 14.4 Å². The maximum atomic E-state index is 12.1. The number of ether oxygens (including phenoxy) is 2. The Balaban J connectivity index is 1.64. The molecule has 1 spiro atoms. The maximum Gasteiger partial charge on any atom is 0.219 e. The molecule has 7 nitrogen and oxygen atoms in total. The van der Waals surface area contributed by atoms with E-state index in [2.05, 4.69) is 40.8 Å². The molecular formula is C28H35N3O4. The number of carbonyl (C=O) groups excluding carboxylic acids is 1. The van der Waals surface area contributed by atoms with Crippen molar-refractivity contribution < 1.29 is 19.4 Å². The fourth-order valence-electron chi connectivity index (χ4n) is 6.29. The number of aryl methyl sites for hydroxylation is 1. The topological polar surface area (TPSA) is 67.2 Å². The Hall–Kier alpha value is -3.03. The van der Waals surface area contributed by atoms with Crippen LogP contribution < -0.4 is 9.47 Å². The van der Waals surface area contributed by atoms with Crippen LogP contribution >= 0.6 is 0 Å². The van der Waals surface area contributed by atoms with Gasteiger partial charge in [-0.3, -0.25) is 9.69 Å². The van der Waals surface area contributed by atoms with Gasteiger partial charge in [0.1, 0.15) is 11.5 Å². The van der Waals surface area contributed by atoms with E-state index in [1.165, 1.54) is 16.6 Å². The third kappa shape index (κ3) is 3.96. The minimum Gasteiger partial charge on any atom is -0.497 e. The number of methoxy groups -OCH3 is 2. The molecule has 1 fully saturated rings. The average Bonchev–Trinajstić information content (AvgIpc) is 3.17. The first kappa shape index (κ1) is 23.7. The van der Waals surface area contributed by atoms with Gasteiger partial charge in [0.15, 0.2) is 0 Å².